The molecule has 2 rings (SSSR count). The van der Waals surface area contributed by atoms with E-state index in [-0.39, 0.29) is 0 Å². The van der Waals surface area contributed by atoms with Crippen LogP contribution in [-0.4, -0.2) is 16.1 Å². The first-order valence-corrected chi connectivity index (χ1v) is 6.37. The molecule has 1 aliphatic carbocycles. The minimum atomic E-state index is -0.982. The second-order valence-corrected chi connectivity index (χ2v) is 5.36. The van der Waals surface area contributed by atoms with E-state index < -0.39 is 12.0 Å². The van der Waals surface area contributed by atoms with Gasteiger partial charge in [-0.05, 0) is 19.8 Å². The number of aliphatic carboxylic acids is 1. The molecule has 5 heteroatoms. The van der Waals surface area contributed by atoms with E-state index in [0.717, 1.165) is 10.7 Å². The summed E-state index contributed by atoms with van der Waals surface area (Å²) in [4.78, 5) is 16.0. The first-order valence-electron chi connectivity index (χ1n) is 5.55. The van der Waals surface area contributed by atoms with Crippen molar-refractivity contribution in [2.45, 2.75) is 44.6 Å². The maximum atomic E-state index is 10.8. The summed E-state index contributed by atoms with van der Waals surface area (Å²) in [5.74, 6) is -0.455. The van der Waals surface area contributed by atoms with Gasteiger partial charge >= 0.3 is 5.97 Å². The molecule has 0 bridgehead atoms. The topological polar surface area (TPSA) is 76.2 Å². The molecule has 0 aromatic carbocycles. The standard InChI is InChI=1S/C11H16N2O2S/c1-6-9(8(12)11(14)15)16-10(13-6)7-4-2-3-5-7/h7-8H,2-5,12H2,1H3,(H,14,15). The maximum Gasteiger partial charge on any atom is 0.326 e. The van der Waals surface area contributed by atoms with Crippen molar-refractivity contribution in [3.05, 3.63) is 15.6 Å². The SMILES string of the molecule is Cc1nc(C2CCCC2)sc1C(N)C(=O)O. The molecule has 0 saturated heterocycles. The Bertz CT molecular complexity index is 397. The highest BCUT2D eigenvalue weighted by Crippen LogP contribution is 2.38. The van der Waals surface area contributed by atoms with Crippen molar-refractivity contribution in [1.29, 1.82) is 0 Å². The van der Waals surface area contributed by atoms with Crippen molar-refractivity contribution < 1.29 is 9.90 Å². The highest BCUT2D eigenvalue weighted by atomic mass is 32.1. The van der Waals surface area contributed by atoms with Crippen molar-refractivity contribution in [3.8, 4) is 0 Å². The molecule has 1 aliphatic rings. The van der Waals surface area contributed by atoms with Crippen LogP contribution in [0.5, 0.6) is 0 Å². The number of thiazole rings is 1. The zero-order valence-electron chi connectivity index (χ0n) is 9.27. The summed E-state index contributed by atoms with van der Waals surface area (Å²) in [5.41, 5.74) is 6.40. The van der Waals surface area contributed by atoms with Gasteiger partial charge in [-0.1, -0.05) is 12.8 Å². The fraction of sp³-hybridized carbons (Fsp3) is 0.636. The van der Waals surface area contributed by atoms with Crippen molar-refractivity contribution in [3.63, 3.8) is 0 Å². The molecule has 1 aromatic rings. The van der Waals surface area contributed by atoms with Crippen LogP contribution in [-0.2, 0) is 4.79 Å². The Hall–Kier alpha value is -0.940. The quantitative estimate of drug-likeness (QED) is 0.849. The first kappa shape index (κ1) is 11.5. The molecule has 1 atom stereocenters. The lowest BCUT2D eigenvalue weighted by atomic mass is 10.1. The van der Waals surface area contributed by atoms with Gasteiger partial charge in [-0.15, -0.1) is 11.3 Å². The summed E-state index contributed by atoms with van der Waals surface area (Å²) >= 11 is 1.48. The molecule has 0 aliphatic heterocycles. The number of nitrogens with zero attached hydrogens (tertiary/aromatic N) is 1. The Balaban J connectivity index is 2.24. The Morgan fingerprint density at radius 3 is 2.75 bits per heavy atom. The third-order valence-electron chi connectivity index (χ3n) is 3.10. The molecule has 1 saturated carbocycles. The molecule has 3 N–H and O–H groups in total. The van der Waals surface area contributed by atoms with E-state index in [2.05, 4.69) is 4.98 Å². The Kier molecular flexibility index (Phi) is 3.25. The van der Waals surface area contributed by atoms with Crippen molar-refractivity contribution in [2.75, 3.05) is 0 Å². The molecule has 1 aromatic heterocycles. The van der Waals surface area contributed by atoms with E-state index in [1.165, 1.54) is 37.0 Å². The first-order chi connectivity index (χ1) is 7.59. The van der Waals surface area contributed by atoms with Crippen LogP contribution in [0.2, 0.25) is 0 Å². The molecule has 1 heterocycles. The Morgan fingerprint density at radius 1 is 1.56 bits per heavy atom. The summed E-state index contributed by atoms with van der Waals surface area (Å²) in [6, 6.07) is -0.923. The number of carboxylic acid groups (broad SMARTS) is 1. The summed E-state index contributed by atoms with van der Waals surface area (Å²) in [6.07, 6.45) is 4.86. The number of hydrogen-bond donors (Lipinski definition) is 2. The van der Waals surface area contributed by atoms with Gasteiger partial charge in [-0.3, -0.25) is 4.79 Å². The van der Waals surface area contributed by atoms with Gasteiger partial charge in [0.25, 0.3) is 0 Å². The Morgan fingerprint density at radius 2 is 2.19 bits per heavy atom. The van der Waals surface area contributed by atoms with E-state index in [1.54, 1.807) is 0 Å². The zero-order chi connectivity index (χ0) is 11.7. The average Bonchev–Trinajstić information content (AvgIpc) is 2.84. The molecule has 0 radical (unpaired) electrons. The minimum Gasteiger partial charge on any atom is -0.480 e. The highest BCUT2D eigenvalue weighted by molar-refractivity contribution is 7.12. The Labute approximate surface area is 98.5 Å². The molecular formula is C11H16N2O2S. The van der Waals surface area contributed by atoms with Gasteiger partial charge in [0.05, 0.1) is 15.6 Å². The molecule has 88 valence electrons. The summed E-state index contributed by atoms with van der Waals surface area (Å²) < 4.78 is 0. The van der Waals surface area contributed by atoms with E-state index in [0.29, 0.717) is 10.8 Å². The van der Waals surface area contributed by atoms with Gasteiger partial charge in [0.1, 0.15) is 6.04 Å². The molecule has 0 spiro atoms. The predicted molar refractivity (Wildman–Crippen MR) is 62.6 cm³/mol. The third-order valence-corrected chi connectivity index (χ3v) is 4.50. The summed E-state index contributed by atoms with van der Waals surface area (Å²) in [6.45, 7) is 1.84. The van der Waals surface area contributed by atoms with Crippen LogP contribution in [0.1, 0.15) is 53.2 Å². The fourth-order valence-corrected chi connectivity index (χ4v) is 3.41. The number of carboxylic acids is 1. The second-order valence-electron chi connectivity index (χ2n) is 4.30. The van der Waals surface area contributed by atoms with Crippen molar-refractivity contribution in [2.24, 2.45) is 5.73 Å². The van der Waals surface area contributed by atoms with Crippen molar-refractivity contribution in [1.82, 2.24) is 4.98 Å². The smallest absolute Gasteiger partial charge is 0.326 e. The molecule has 16 heavy (non-hydrogen) atoms. The summed E-state index contributed by atoms with van der Waals surface area (Å²) in [7, 11) is 0. The molecule has 1 unspecified atom stereocenters. The number of aromatic nitrogens is 1. The summed E-state index contributed by atoms with van der Waals surface area (Å²) in [5, 5.41) is 9.96. The van der Waals surface area contributed by atoms with Crippen LogP contribution in [0.25, 0.3) is 0 Å². The van der Waals surface area contributed by atoms with Crippen LogP contribution in [0.4, 0.5) is 0 Å². The fourth-order valence-electron chi connectivity index (χ4n) is 2.18. The van der Waals surface area contributed by atoms with Crippen LogP contribution < -0.4 is 5.73 Å². The number of hydrogen-bond acceptors (Lipinski definition) is 4. The van der Waals surface area contributed by atoms with E-state index >= 15 is 0 Å². The molecule has 4 nitrogen and oxygen atoms in total. The number of aryl methyl sites for hydroxylation is 1. The van der Waals surface area contributed by atoms with Gasteiger partial charge < -0.3 is 10.8 Å². The highest BCUT2D eigenvalue weighted by Gasteiger charge is 2.25. The maximum absolute atomic E-state index is 10.8. The molecular weight excluding hydrogens is 224 g/mol. The normalized spacial score (nSPS) is 18.9. The lowest BCUT2D eigenvalue weighted by Gasteiger charge is -2.04. The van der Waals surface area contributed by atoms with Crippen LogP contribution >= 0.6 is 11.3 Å². The predicted octanol–water partition coefficient (Wildman–Crippen LogP) is 2.19. The van der Waals surface area contributed by atoms with Crippen LogP contribution in [0.3, 0.4) is 0 Å². The minimum absolute atomic E-state index is 0.526. The van der Waals surface area contributed by atoms with Crippen LogP contribution in [0, 0.1) is 6.92 Å². The second kappa shape index (κ2) is 4.51. The van der Waals surface area contributed by atoms with Gasteiger partial charge in [0, 0.05) is 5.92 Å². The van der Waals surface area contributed by atoms with Crippen LogP contribution in [0.15, 0.2) is 0 Å². The van der Waals surface area contributed by atoms with E-state index in [4.69, 9.17) is 10.8 Å². The number of rotatable bonds is 3. The average molecular weight is 240 g/mol. The monoisotopic (exact) mass is 240 g/mol. The van der Waals surface area contributed by atoms with Crippen molar-refractivity contribution >= 4 is 17.3 Å². The molecule has 0 amide bonds. The van der Waals surface area contributed by atoms with Gasteiger partial charge in [0.15, 0.2) is 0 Å². The van der Waals surface area contributed by atoms with E-state index in [1.807, 2.05) is 6.92 Å². The number of carbonyl (C=O) groups is 1. The zero-order valence-corrected chi connectivity index (χ0v) is 10.1. The number of nitrogens with two attached hydrogens (primary N) is 1. The third kappa shape index (κ3) is 2.10. The lowest BCUT2D eigenvalue weighted by molar-refractivity contribution is -0.138. The van der Waals surface area contributed by atoms with Gasteiger partial charge in [-0.25, -0.2) is 4.98 Å². The van der Waals surface area contributed by atoms with Gasteiger partial charge in [-0.2, -0.15) is 0 Å². The molecule has 1 fully saturated rings. The lowest BCUT2D eigenvalue weighted by Crippen LogP contribution is -2.20. The largest absolute Gasteiger partial charge is 0.480 e. The van der Waals surface area contributed by atoms with E-state index in [9.17, 15) is 4.79 Å². The van der Waals surface area contributed by atoms with Gasteiger partial charge in [0.2, 0.25) is 0 Å².